The zero-order chi connectivity index (χ0) is 17.6. The highest BCUT2D eigenvalue weighted by Gasteiger charge is 2.27. The average Bonchev–Trinajstić information content (AvgIpc) is 2.43. The van der Waals surface area contributed by atoms with Crippen LogP contribution in [0.25, 0.3) is 0 Å². The molecule has 1 rings (SSSR count). The number of ether oxygens (including phenoxy) is 1. The van der Waals surface area contributed by atoms with Gasteiger partial charge in [0.05, 0.1) is 7.11 Å². The number of nitrogens with one attached hydrogen (secondary N) is 1. The van der Waals surface area contributed by atoms with E-state index in [-0.39, 0.29) is 6.42 Å². The quantitative estimate of drug-likeness (QED) is 0.843. The number of rotatable bonds is 5. The first kappa shape index (κ1) is 18.9. The van der Waals surface area contributed by atoms with Crippen molar-refractivity contribution in [1.82, 2.24) is 10.4 Å². The Labute approximate surface area is 135 Å². The number of hydrogen-bond donors (Lipinski definition) is 1. The summed E-state index contributed by atoms with van der Waals surface area (Å²) in [6.07, 6.45) is -0.611. The minimum atomic E-state index is -0.934. The van der Waals surface area contributed by atoms with E-state index in [4.69, 9.17) is 9.57 Å². The van der Waals surface area contributed by atoms with Crippen LogP contribution in [0.1, 0.15) is 26.3 Å². The van der Waals surface area contributed by atoms with Crippen molar-refractivity contribution in [2.24, 2.45) is 0 Å². The third-order valence-electron chi connectivity index (χ3n) is 2.90. The highest BCUT2D eigenvalue weighted by Crippen LogP contribution is 2.11. The summed E-state index contributed by atoms with van der Waals surface area (Å²) in [5.41, 5.74) is -0.118. The topological polar surface area (TPSA) is 67.9 Å². The summed E-state index contributed by atoms with van der Waals surface area (Å²) in [7, 11) is 2.77. The summed E-state index contributed by atoms with van der Waals surface area (Å²) in [5, 5.41) is 3.50. The highest BCUT2D eigenvalue weighted by atomic mass is 19.1. The van der Waals surface area contributed by atoms with Gasteiger partial charge in [0, 0.05) is 13.5 Å². The smallest absolute Gasteiger partial charge is 0.408 e. The molecule has 0 radical (unpaired) electrons. The van der Waals surface area contributed by atoms with Gasteiger partial charge in [0.25, 0.3) is 5.91 Å². The second-order valence-corrected chi connectivity index (χ2v) is 6.05. The molecule has 0 saturated heterocycles. The van der Waals surface area contributed by atoms with Crippen LogP contribution in [0.2, 0.25) is 0 Å². The first-order valence-electron chi connectivity index (χ1n) is 7.18. The molecule has 128 valence electrons. The summed E-state index contributed by atoms with van der Waals surface area (Å²) >= 11 is 0. The fraction of sp³-hybridized carbons (Fsp3) is 0.500. The van der Waals surface area contributed by atoms with Crippen molar-refractivity contribution in [2.75, 3.05) is 14.2 Å². The van der Waals surface area contributed by atoms with Gasteiger partial charge in [-0.3, -0.25) is 9.63 Å². The zero-order valence-corrected chi connectivity index (χ0v) is 14.1. The third-order valence-corrected chi connectivity index (χ3v) is 2.90. The lowest BCUT2D eigenvalue weighted by Gasteiger charge is -2.25. The first-order chi connectivity index (χ1) is 10.6. The Hall–Kier alpha value is -2.15. The number of halogens is 1. The van der Waals surface area contributed by atoms with E-state index < -0.39 is 29.5 Å². The molecule has 0 unspecified atom stereocenters. The van der Waals surface area contributed by atoms with Gasteiger partial charge in [-0.05, 0) is 38.5 Å². The minimum absolute atomic E-state index is 0.115. The van der Waals surface area contributed by atoms with E-state index >= 15 is 0 Å². The number of benzene rings is 1. The maximum Gasteiger partial charge on any atom is 0.408 e. The van der Waals surface area contributed by atoms with E-state index in [1.54, 1.807) is 32.9 Å². The van der Waals surface area contributed by atoms with Gasteiger partial charge in [-0.25, -0.2) is 14.2 Å². The Morgan fingerprint density at radius 3 is 2.52 bits per heavy atom. The maximum absolute atomic E-state index is 13.3. The van der Waals surface area contributed by atoms with Crippen LogP contribution in [-0.2, 0) is 20.8 Å². The number of likely N-dealkylation sites (N-methyl/N-ethyl adjacent to an activating group) is 1. The van der Waals surface area contributed by atoms with E-state index in [1.165, 1.54) is 26.3 Å². The monoisotopic (exact) mass is 326 g/mol. The van der Waals surface area contributed by atoms with Crippen LogP contribution in [0.3, 0.4) is 0 Å². The van der Waals surface area contributed by atoms with Gasteiger partial charge in [0.15, 0.2) is 0 Å². The Balaban J connectivity index is 2.89. The molecule has 0 aliphatic carbocycles. The van der Waals surface area contributed by atoms with Crippen LogP contribution in [0.15, 0.2) is 24.3 Å². The third kappa shape index (κ3) is 6.65. The van der Waals surface area contributed by atoms with Gasteiger partial charge in [-0.15, -0.1) is 0 Å². The molecule has 1 atom stereocenters. The Kier molecular flexibility index (Phi) is 6.50. The van der Waals surface area contributed by atoms with Gasteiger partial charge in [0.1, 0.15) is 17.5 Å². The lowest BCUT2D eigenvalue weighted by Crippen LogP contribution is -2.49. The van der Waals surface area contributed by atoms with E-state index in [0.29, 0.717) is 5.56 Å². The number of hydrogen-bond acceptors (Lipinski definition) is 4. The molecule has 0 heterocycles. The molecule has 0 aromatic heterocycles. The number of carbonyl (C=O) groups is 2. The number of amides is 2. The summed E-state index contributed by atoms with van der Waals surface area (Å²) < 4.78 is 18.5. The maximum atomic E-state index is 13.3. The Morgan fingerprint density at radius 1 is 1.35 bits per heavy atom. The molecular weight excluding hydrogens is 303 g/mol. The van der Waals surface area contributed by atoms with Crippen LogP contribution in [0.4, 0.5) is 9.18 Å². The molecule has 1 aromatic carbocycles. The first-order valence-corrected chi connectivity index (χ1v) is 7.18. The van der Waals surface area contributed by atoms with Gasteiger partial charge >= 0.3 is 6.09 Å². The molecule has 0 bridgehead atoms. The van der Waals surface area contributed by atoms with E-state index in [1.807, 2.05) is 0 Å². The van der Waals surface area contributed by atoms with Crippen molar-refractivity contribution in [2.45, 2.75) is 38.8 Å². The van der Waals surface area contributed by atoms with Gasteiger partial charge in [-0.2, -0.15) is 0 Å². The average molecular weight is 326 g/mol. The lowest BCUT2D eigenvalue weighted by atomic mass is 10.1. The Bertz CT molecular complexity index is 557. The van der Waals surface area contributed by atoms with Crippen LogP contribution in [0, 0.1) is 5.82 Å². The van der Waals surface area contributed by atoms with Gasteiger partial charge in [-0.1, -0.05) is 12.1 Å². The molecule has 0 saturated carbocycles. The van der Waals surface area contributed by atoms with Gasteiger partial charge in [0.2, 0.25) is 0 Å². The fourth-order valence-electron chi connectivity index (χ4n) is 1.86. The largest absolute Gasteiger partial charge is 0.444 e. The van der Waals surface area contributed by atoms with E-state index in [0.717, 1.165) is 5.06 Å². The number of hydroxylamine groups is 2. The van der Waals surface area contributed by atoms with Crippen LogP contribution < -0.4 is 5.32 Å². The summed E-state index contributed by atoms with van der Waals surface area (Å²) in [6.45, 7) is 5.16. The standard InChI is InChI=1S/C16H23FN2O4/c1-16(2,3)23-15(21)18-13(14(20)19(4)22-5)10-11-7-6-8-12(17)9-11/h6-9,13H,10H2,1-5H3,(H,18,21)/t13-/m0/s1. The second-order valence-electron chi connectivity index (χ2n) is 6.05. The molecule has 0 aliphatic heterocycles. The normalized spacial score (nSPS) is 12.4. The summed E-state index contributed by atoms with van der Waals surface area (Å²) in [5.74, 6) is -0.881. The summed E-state index contributed by atoms with van der Waals surface area (Å²) in [6, 6.07) is 4.90. The highest BCUT2D eigenvalue weighted by molar-refractivity contribution is 5.85. The van der Waals surface area contributed by atoms with Crippen molar-refractivity contribution in [3.63, 3.8) is 0 Å². The molecular formula is C16H23FN2O4. The Morgan fingerprint density at radius 2 is 2.00 bits per heavy atom. The van der Waals surface area contributed by atoms with Crippen LogP contribution in [-0.4, -0.2) is 42.9 Å². The van der Waals surface area contributed by atoms with Crippen LogP contribution in [0.5, 0.6) is 0 Å². The van der Waals surface area contributed by atoms with Crippen molar-refractivity contribution < 1.29 is 23.6 Å². The van der Waals surface area contributed by atoms with Crippen molar-refractivity contribution >= 4 is 12.0 Å². The number of carbonyl (C=O) groups excluding carboxylic acids is 2. The van der Waals surface area contributed by atoms with Crippen molar-refractivity contribution in [3.8, 4) is 0 Å². The molecule has 1 aromatic rings. The van der Waals surface area contributed by atoms with E-state index in [9.17, 15) is 14.0 Å². The summed E-state index contributed by atoms with van der Waals surface area (Å²) in [4.78, 5) is 29.1. The molecule has 2 amide bonds. The van der Waals surface area contributed by atoms with Crippen molar-refractivity contribution in [3.05, 3.63) is 35.6 Å². The predicted molar refractivity (Wildman–Crippen MR) is 83.0 cm³/mol. The zero-order valence-electron chi connectivity index (χ0n) is 14.1. The number of nitrogens with zero attached hydrogens (tertiary/aromatic N) is 1. The number of alkyl carbamates (subject to hydrolysis) is 1. The molecule has 7 heteroatoms. The molecule has 6 nitrogen and oxygen atoms in total. The van der Waals surface area contributed by atoms with Crippen LogP contribution >= 0.6 is 0 Å². The minimum Gasteiger partial charge on any atom is -0.444 e. The lowest BCUT2D eigenvalue weighted by molar-refractivity contribution is -0.171. The molecule has 23 heavy (non-hydrogen) atoms. The van der Waals surface area contributed by atoms with Crippen molar-refractivity contribution in [1.29, 1.82) is 0 Å². The fourth-order valence-corrected chi connectivity index (χ4v) is 1.86. The molecule has 0 fully saturated rings. The van der Waals surface area contributed by atoms with E-state index in [2.05, 4.69) is 5.32 Å². The molecule has 0 aliphatic rings. The predicted octanol–water partition coefficient (Wildman–Crippen LogP) is 2.28. The molecule has 1 N–H and O–H groups in total. The van der Waals surface area contributed by atoms with Gasteiger partial charge < -0.3 is 10.1 Å². The molecule has 0 spiro atoms. The SMILES string of the molecule is CON(C)C(=O)[C@H](Cc1cccc(F)c1)NC(=O)OC(C)(C)C. The second kappa shape index (κ2) is 7.92.